The number of carboxylic acids is 1. The van der Waals surface area contributed by atoms with Crippen molar-refractivity contribution in [1.82, 2.24) is 15.5 Å². The van der Waals surface area contributed by atoms with Gasteiger partial charge in [0.05, 0.1) is 11.8 Å². The molecule has 1 heterocycles. The van der Waals surface area contributed by atoms with Gasteiger partial charge < -0.3 is 10.4 Å². The van der Waals surface area contributed by atoms with Crippen molar-refractivity contribution in [3.05, 3.63) is 53.3 Å². The first-order chi connectivity index (χ1) is 9.99. The molecule has 0 saturated carbocycles. The van der Waals surface area contributed by atoms with Crippen molar-refractivity contribution < 1.29 is 14.7 Å². The molecule has 0 aliphatic heterocycles. The number of hydrogen-bond acceptors (Lipinski definition) is 3. The predicted molar refractivity (Wildman–Crippen MR) is 77.0 cm³/mol. The van der Waals surface area contributed by atoms with Gasteiger partial charge in [0.25, 0.3) is 5.91 Å². The quantitative estimate of drug-likeness (QED) is 0.784. The molecule has 1 atom stereocenters. The number of H-pyrrole nitrogens is 1. The molecule has 1 amide bonds. The molecule has 0 aliphatic carbocycles. The highest BCUT2D eigenvalue weighted by atomic mass is 16.4. The van der Waals surface area contributed by atoms with E-state index in [2.05, 4.69) is 29.4 Å². The fourth-order valence-electron chi connectivity index (χ4n) is 1.95. The van der Waals surface area contributed by atoms with Gasteiger partial charge >= 0.3 is 5.97 Å². The minimum Gasteiger partial charge on any atom is -0.479 e. The zero-order valence-corrected chi connectivity index (χ0v) is 11.8. The monoisotopic (exact) mass is 287 g/mol. The Kier molecular flexibility index (Phi) is 4.37. The molecule has 0 spiro atoms. The number of carbonyl (C=O) groups is 2. The molecule has 110 valence electrons. The van der Waals surface area contributed by atoms with Crippen LogP contribution in [0.25, 0.3) is 0 Å². The van der Waals surface area contributed by atoms with Crippen LogP contribution in [0.4, 0.5) is 0 Å². The van der Waals surface area contributed by atoms with Gasteiger partial charge in [-0.05, 0) is 17.0 Å². The van der Waals surface area contributed by atoms with E-state index in [0.29, 0.717) is 17.0 Å². The fourth-order valence-corrected chi connectivity index (χ4v) is 1.95. The maximum atomic E-state index is 11.9. The van der Waals surface area contributed by atoms with Crippen LogP contribution in [0, 0.1) is 0 Å². The minimum atomic E-state index is -1.11. The number of nitrogens with one attached hydrogen (secondary N) is 2. The number of aromatic amines is 1. The number of rotatable bonds is 5. The molecular formula is C15H17N3O3. The Hall–Kier alpha value is -2.63. The lowest BCUT2D eigenvalue weighted by molar-refractivity contribution is -0.139. The maximum Gasteiger partial charge on any atom is 0.330 e. The van der Waals surface area contributed by atoms with Crippen LogP contribution in [-0.4, -0.2) is 27.2 Å². The van der Waals surface area contributed by atoms with E-state index >= 15 is 0 Å². The zero-order valence-electron chi connectivity index (χ0n) is 11.8. The smallest absolute Gasteiger partial charge is 0.330 e. The Labute approximate surface area is 122 Å². The van der Waals surface area contributed by atoms with Crippen LogP contribution in [0.1, 0.15) is 47.3 Å². The normalized spacial score (nSPS) is 12.1. The molecule has 21 heavy (non-hydrogen) atoms. The van der Waals surface area contributed by atoms with E-state index in [9.17, 15) is 14.7 Å². The third kappa shape index (κ3) is 3.47. The van der Waals surface area contributed by atoms with E-state index in [1.807, 2.05) is 12.1 Å². The van der Waals surface area contributed by atoms with E-state index in [-0.39, 0.29) is 0 Å². The highest BCUT2D eigenvalue weighted by molar-refractivity contribution is 5.96. The van der Waals surface area contributed by atoms with Crippen molar-refractivity contribution in [1.29, 1.82) is 0 Å². The van der Waals surface area contributed by atoms with Crippen LogP contribution in [0.2, 0.25) is 0 Å². The Balaban J connectivity index is 2.19. The van der Waals surface area contributed by atoms with Crippen molar-refractivity contribution in [3.8, 4) is 0 Å². The lowest BCUT2D eigenvalue weighted by Gasteiger charge is -2.15. The minimum absolute atomic E-state index is 0.292. The second-order valence-electron chi connectivity index (χ2n) is 5.05. The summed E-state index contributed by atoms with van der Waals surface area (Å²) in [6.45, 7) is 4.12. The highest BCUT2D eigenvalue weighted by Gasteiger charge is 2.23. The Morgan fingerprint density at radius 1 is 1.19 bits per heavy atom. The molecule has 0 fully saturated rings. The number of aromatic nitrogens is 2. The molecule has 2 aromatic rings. The third-order valence-electron chi connectivity index (χ3n) is 3.22. The van der Waals surface area contributed by atoms with Gasteiger partial charge in [0.2, 0.25) is 0 Å². The highest BCUT2D eigenvalue weighted by Crippen LogP contribution is 2.19. The number of hydrogen-bond donors (Lipinski definition) is 3. The molecule has 1 aromatic carbocycles. The third-order valence-corrected chi connectivity index (χ3v) is 3.22. The lowest BCUT2D eigenvalue weighted by Crippen LogP contribution is -2.33. The summed E-state index contributed by atoms with van der Waals surface area (Å²) in [5.74, 6) is -1.23. The van der Waals surface area contributed by atoms with E-state index < -0.39 is 17.9 Å². The summed E-state index contributed by atoms with van der Waals surface area (Å²) in [7, 11) is 0. The molecule has 0 aliphatic rings. The van der Waals surface area contributed by atoms with Crippen molar-refractivity contribution in [2.75, 3.05) is 0 Å². The van der Waals surface area contributed by atoms with Crippen LogP contribution in [0.15, 0.2) is 36.7 Å². The number of nitrogens with zero attached hydrogens (tertiary/aromatic N) is 1. The Bertz CT molecular complexity index is 618. The number of carbonyl (C=O) groups excluding carboxylic acids is 1. The standard InChI is InChI=1S/C15H17N3O3/c1-9(2)10-3-5-11(6-4-10)13(15(20)21)18-14(19)12-7-16-17-8-12/h3-9,13H,1-2H3,(H,16,17)(H,18,19)(H,20,21). The van der Waals surface area contributed by atoms with E-state index in [0.717, 1.165) is 5.56 Å². The van der Waals surface area contributed by atoms with Gasteiger partial charge in [0, 0.05) is 6.20 Å². The number of amides is 1. The molecule has 1 aromatic heterocycles. The zero-order chi connectivity index (χ0) is 15.4. The largest absolute Gasteiger partial charge is 0.479 e. The van der Waals surface area contributed by atoms with Crippen molar-refractivity contribution in [3.63, 3.8) is 0 Å². The van der Waals surface area contributed by atoms with Crippen LogP contribution in [0.5, 0.6) is 0 Å². The summed E-state index contributed by atoms with van der Waals surface area (Å²) in [4.78, 5) is 23.3. The number of carboxylic acid groups (broad SMARTS) is 1. The van der Waals surface area contributed by atoms with Crippen LogP contribution in [0.3, 0.4) is 0 Å². The second kappa shape index (κ2) is 6.21. The summed E-state index contributed by atoms with van der Waals surface area (Å²) in [5.41, 5.74) is 1.94. The van der Waals surface area contributed by atoms with Gasteiger partial charge in [0.1, 0.15) is 0 Å². The predicted octanol–water partition coefficient (Wildman–Crippen LogP) is 2.09. The molecule has 2 rings (SSSR count). The first-order valence-electron chi connectivity index (χ1n) is 6.61. The Morgan fingerprint density at radius 3 is 2.29 bits per heavy atom. The lowest BCUT2D eigenvalue weighted by atomic mass is 9.99. The first kappa shape index (κ1) is 14.8. The van der Waals surface area contributed by atoms with Crippen molar-refractivity contribution in [2.45, 2.75) is 25.8 Å². The Morgan fingerprint density at radius 2 is 1.81 bits per heavy atom. The summed E-state index contributed by atoms with van der Waals surface area (Å²) >= 11 is 0. The molecule has 6 heteroatoms. The van der Waals surface area contributed by atoms with E-state index in [1.165, 1.54) is 12.4 Å². The van der Waals surface area contributed by atoms with E-state index in [1.54, 1.807) is 12.1 Å². The molecule has 0 saturated heterocycles. The summed E-state index contributed by atoms with van der Waals surface area (Å²) in [6.07, 6.45) is 2.76. The second-order valence-corrected chi connectivity index (χ2v) is 5.05. The van der Waals surface area contributed by atoms with Crippen molar-refractivity contribution in [2.24, 2.45) is 0 Å². The van der Waals surface area contributed by atoms with E-state index in [4.69, 9.17) is 0 Å². The average molecular weight is 287 g/mol. The first-order valence-corrected chi connectivity index (χ1v) is 6.61. The fraction of sp³-hybridized carbons (Fsp3) is 0.267. The van der Waals surface area contributed by atoms with Gasteiger partial charge in [-0.15, -0.1) is 0 Å². The van der Waals surface area contributed by atoms with Crippen LogP contribution in [-0.2, 0) is 4.79 Å². The van der Waals surface area contributed by atoms with Crippen LogP contribution < -0.4 is 5.32 Å². The van der Waals surface area contributed by atoms with Crippen molar-refractivity contribution >= 4 is 11.9 Å². The summed E-state index contributed by atoms with van der Waals surface area (Å²) < 4.78 is 0. The SMILES string of the molecule is CC(C)c1ccc(C(NC(=O)c2cn[nH]c2)C(=O)O)cc1. The molecular weight excluding hydrogens is 270 g/mol. The van der Waals surface area contributed by atoms with Crippen LogP contribution >= 0.6 is 0 Å². The van der Waals surface area contributed by atoms with Gasteiger partial charge in [-0.1, -0.05) is 38.1 Å². The molecule has 3 N–H and O–H groups in total. The van der Waals surface area contributed by atoms with Gasteiger partial charge in [-0.2, -0.15) is 5.10 Å². The van der Waals surface area contributed by atoms with Gasteiger partial charge in [-0.25, -0.2) is 4.79 Å². The number of benzene rings is 1. The maximum absolute atomic E-state index is 11.9. The topological polar surface area (TPSA) is 95.1 Å². The number of aliphatic carboxylic acids is 1. The van der Waals surface area contributed by atoms with Gasteiger partial charge in [0.15, 0.2) is 6.04 Å². The molecule has 1 unspecified atom stereocenters. The molecule has 0 bridgehead atoms. The summed E-state index contributed by atoms with van der Waals surface area (Å²) in [5, 5.41) is 18.0. The molecule has 6 nitrogen and oxygen atoms in total. The van der Waals surface area contributed by atoms with Gasteiger partial charge in [-0.3, -0.25) is 9.89 Å². The summed E-state index contributed by atoms with van der Waals surface area (Å²) in [6, 6.07) is 6.11. The molecule has 0 radical (unpaired) electrons. The average Bonchev–Trinajstić information content (AvgIpc) is 2.98.